The van der Waals surface area contributed by atoms with Gasteiger partial charge in [-0.2, -0.15) is 4.80 Å². The van der Waals surface area contributed by atoms with Gasteiger partial charge in [0.15, 0.2) is 11.4 Å². The van der Waals surface area contributed by atoms with Gasteiger partial charge < -0.3 is 14.6 Å². The van der Waals surface area contributed by atoms with Gasteiger partial charge >= 0.3 is 0 Å². The first-order valence-electron chi connectivity index (χ1n) is 14.1. The molecule has 218 valence electrons. The van der Waals surface area contributed by atoms with Crippen molar-refractivity contribution in [1.82, 2.24) is 40.0 Å². The molecule has 1 saturated carbocycles. The quantitative estimate of drug-likeness (QED) is 0.307. The smallest absolute Gasteiger partial charge is 0.272 e. The number of carbonyl (C=O) groups is 2. The molecule has 0 spiro atoms. The summed E-state index contributed by atoms with van der Waals surface area (Å²) >= 11 is 0. The van der Waals surface area contributed by atoms with Gasteiger partial charge in [-0.05, 0) is 47.5 Å². The number of amides is 2. The van der Waals surface area contributed by atoms with Gasteiger partial charge in [-0.3, -0.25) is 19.5 Å². The van der Waals surface area contributed by atoms with Crippen LogP contribution in [0.2, 0.25) is 0 Å². The number of benzene rings is 2. The number of halogens is 1. The zero-order valence-electron chi connectivity index (χ0n) is 23.3. The van der Waals surface area contributed by atoms with Gasteiger partial charge in [0.25, 0.3) is 5.91 Å². The van der Waals surface area contributed by atoms with E-state index in [1.807, 2.05) is 30.3 Å². The molecule has 1 saturated heterocycles. The van der Waals surface area contributed by atoms with Crippen molar-refractivity contribution in [2.75, 3.05) is 31.5 Å². The van der Waals surface area contributed by atoms with E-state index in [-0.39, 0.29) is 24.3 Å². The van der Waals surface area contributed by atoms with Crippen LogP contribution in [0, 0.1) is 5.92 Å². The molecule has 0 bridgehead atoms. The summed E-state index contributed by atoms with van der Waals surface area (Å²) in [7, 11) is 1.74. The molecule has 2 aliphatic rings. The van der Waals surface area contributed by atoms with Crippen molar-refractivity contribution in [2.45, 2.75) is 18.6 Å². The maximum absolute atomic E-state index is 13.5. The van der Waals surface area contributed by atoms with Gasteiger partial charge in [0.2, 0.25) is 11.8 Å². The van der Waals surface area contributed by atoms with E-state index in [1.54, 1.807) is 48.5 Å². The average Bonchev–Trinajstić information content (AvgIpc) is 3.39. The number of carbonyl (C=O) groups excluding carboxylic acids is 2. The molecule has 2 amide bonds. The number of aryl methyl sites for hydroxylation is 1. The molecule has 2 fully saturated rings. The summed E-state index contributed by atoms with van der Waals surface area (Å²) in [5.74, 6) is -0.155. The third-order valence-electron chi connectivity index (χ3n) is 7.78. The molecule has 7 rings (SSSR count). The van der Waals surface area contributed by atoms with Gasteiger partial charge in [0.1, 0.15) is 17.4 Å². The second-order valence-electron chi connectivity index (χ2n) is 10.8. The molecule has 5 aromatic rings. The van der Waals surface area contributed by atoms with Gasteiger partial charge in [-0.25, -0.2) is 9.37 Å². The highest BCUT2D eigenvalue weighted by Crippen LogP contribution is 2.35. The van der Waals surface area contributed by atoms with Crippen molar-refractivity contribution >= 4 is 28.6 Å². The van der Waals surface area contributed by atoms with Crippen LogP contribution < -0.4 is 5.32 Å². The minimum Gasteiger partial charge on any atom is -0.436 e. The molecule has 0 unspecified atom stereocenters. The van der Waals surface area contributed by atoms with E-state index >= 15 is 0 Å². The summed E-state index contributed by atoms with van der Waals surface area (Å²) in [4.78, 5) is 40.0. The van der Waals surface area contributed by atoms with E-state index in [0.29, 0.717) is 65.9 Å². The van der Waals surface area contributed by atoms with Crippen molar-refractivity contribution in [3.05, 3.63) is 83.9 Å². The fourth-order valence-electron chi connectivity index (χ4n) is 5.39. The zero-order chi connectivity index (χ0) is 29.5. The lowest BCUT2D eigenvalue weighted by molar-refractivity contribution is -0.117. The number of nitrogens with zero attached hydrogens (tertiary/aromatic N) is 8. The highest BCUT2D eigenvalue weighted by molar-refractivity contribution is 5.96. The van der Waals surface area contributed by atoms with E-state index in [4.69, 9.17) is 4.42 Å². The molecule has 43 heavy (non-hydrogen) atoms. The number of tetrazole rings is 1. The number of fused-ring (bicyclic) bond motifs is 1. The average molecular weight is 582 g/mol. The summed E-state index contributed by atoms with van der Waals surface area (Å²) in [5, 5.41) is 15.5. The van der Waals surface area contributed by atoms with Crippen molar-refractivity contribution in [3.63, 3.8) is 0 Å². The van der Waals surface area contributed by atoms with Gasteiger partial charge in [-0.15, -0.1) is 10.2 Å². The lowest BCUT2D eigenvalue weighted by Gasteiger charge is -2.38. The lowest BCUT2D eigenvalue weighted by Crippen LogP contribution is -2.50. The summed E-state index contributed by atoms with van der Waals surface area (Å²) < 4.78 is 19.2. The first kappa shape index (κ1) is 26.8. The number of piperazine rings is 1. The zero-order valence-corrected chi connectivity index (χ0v) is 23.3. The third-order valence-corrected chi connectivity index (χ3v) is 7.78. The topological polar surface area (TPSA) is 135 Å². The minimum atomic E-state index is -1.07. The Morgan fingerprint density at radius 1 is 1.05 bits per heavy atom. The molecule has 1 N–H and O–H groups in total. The van der Waals surface area contributed by atoms with Crippen molar-refractivity contribution in [3.8, 4) is 11.5 Å². The number of oxazole rings is 1. The van der Waals surface area contributed by atoms with E-state index in [9.17, 15) is 14.0 Å². The summed E-state index contributed by atoms with van der Waals surface area (Å²) in [6.07, 6.45) is 0.755. The fourth-order valence-corrected chi connectivity index (χ4v) is 5.39. The van der Waals surface area contributed by atoms with Crippen LogP contribution in [-0.4, -0.2) is 84.1 Å². The second-order valence-corrected chi connectivity index (χ2v) is 10.8. The fraction of sp³-hybridized carbons (Fsp3) is 0.300. The largest absolute Gasteiger partial charge is 0.436 e. The highest BCUT2D eigenvalue weighted by Gasteiger charge is 2.43. The molecule has 1 aliphatic heterocycles. The Kier molecular flexibility index (Phi) is 6.86. The van der Waals surface area contributed by atoms with Crippen LogP contribution in [0.25, 0.3) is 22.6 Å². The second kappa shape index (κ2) is 11.0. The first-order chi connectivity index (χ1) is 20.9. The van der Waals surface area contributed by atoms with Crippen LogP contribution in [0.1, 0.15) is 34.3 Å². The molecule has 0 radical (unpaired) electrons. The minimum absolute atomic E-state index is 0.170. The number of anilines is 1. The molecular formula is C30H28FN9O3. The normalized spacial score (nSPS) is 19.3. The molecule has 3 atom stereocenters. The predicted octanol–water partition coefficient (Wildman–Crippen LogP) is 3.26. The Morgan fingerprint density at radius 3 is 2.56 bits per heavy atom. The molecule has 13 heteroatoms. The van der Waals surface area contributed by atoms with Crippen LogP contribution in [-0.2, 0) is 11.8 Å². The predicted molar refractivity (Wildman–Crippen MR) is 153 cm³/mol. The first-order valence-corrected chi connectivity index (χ1v) is 14.1. The summed E-state index contributed by atoms with van der Waals surface area (Å²) in [5.41, 5.74) is 3.54. The Bertz CT molecular complexity index is 1800. The number of nitrogens with one attached hydrogen (secondary N) is 1. The van der Waals surface area contributed by atoms with Crippen LogP contribution in [0.4, 0.5) is 10.1 Å². The Morgan fingerprint density at radius 2 is 1.84 bits per heavy atom. The Hall–Kier alpha value is -5.04. The van der Waals surface area contributed by atoms with Crippen LogP contribution >= 0.6 is 0 Å². The van der Waals surface area contributed by atoms with E-state index in [2.05, 4.69) is 35.6 Å². The van der Waals surface area contributed by atoms with Crippen LogP contribution in [0.5, 0.6) is 0 Å². The Balaban J connectivity index is 1.05. The monoisotopic (exact) mass is 581 g/mol. The molecular weight excluding hydrogens is 553 g/mol. The molecule has 1 aliphatic carbocycles. The lowest BCUT2D eigenvalue weighted by atomic mass is 10.0. The standard InChI is InChI=1S/C30H28FN9O3/c1-38-36-27(35-37-38)26(18-5-3-2-4-6-18)39-11-13-40(14-12-39)30(42)24-15-19(9-10-32-24)29-34-23-16-20(7-8-25(23)43-29)33-28(41)21-17-22(21)31/h2-10,15-16,21-22,26H,11-14,17H2,1H3,(H,33,41)/t21-,22+,26+/m1/s1. The number of alkyl halides is 1. The number of rotatable bonds is 7. The SMILES string of the molecule is Cn1nnc([C@H](c2ccccc2)N2CCN(C(=O)c3cc(-c4nc5cc(NC(=O)[C@@H]6C[C@@H]6F)ccc5o4)ccn3)CC2)n1. The number of aromatic nitrogens is 6. The van der Waals surface area contributed by atoms with Gasteiger partial charge in [0.05, 0.1) is 19.0 Å². The van der Waals surface area contributed by atoms with E-state index < -0.39 is 12.1 Å². The van der Waals surface area contributed by atoms with Crippen molar-refractivity contribution in [2.24, 2.45) is 13.0 Å². The van der Waals surface area contributed by atoms with E-state index in [1.165, 1.54) is 4.80 Å². The Labute approximate surface area is 245 Å². The number of hydrogen-bond acceptors (Lipinski definition) is 9. The number of pyridine rings is 1. The summed E-state index contributed by atoms with van der Waals surface area (Å²) in [6.45, 7) is 2.27. The van der Waals surface area contributed by atoms with Crippen LogP contribution in [0.15, 0.2) is 71.3 Å². The molecule has 12 nitrogen and oxygen atoms in total. The van der Waals surface area contributed by atoms with Crippen molar-refractivity contribution in [1.29, 1.82) is 0 Å². The van der Waals surface area contributed by atoms with E-state index in [0.717, 1.165) is 5.56 Å². The van der Waals surface area contributed by atoms with Gasteiger partial charge in [0, 0.05) is 43.6 Å². The molecule has 3 aromatic heterocycles. The van der Waals surface area contributed by atoms with Crippen molar-refractivity contribution < 1.29 is 18.4 Å². The van der Waals surface area contributed by atoms with Crippen LogP contribution in [0.3, 0.4) is 0 Å². The van der Waals surface area contributed by atoms with Gasteiger partial charge in [-0.1, -0.05) is 30.3 Å². The summed E-state index contributed by atoms with van der Waals surface area (Å²) in [6, 6.07) is 18.3. The third kappa shape index (κ3) is 5.46. The maximum Gasteiger partial charge on any atom is 0.272 e. The highest BCUT2D eigenvalue weighted by atomic mass is 19.1. The molecule has 2 aromatic carbocycles. The molecule has 4 heterocycles. The maximum atomic E-state index is 13.5. The number of hydrogen-bond donors (Lipinski definition) is 1.